The first-order valence-electron chi connectivity index (χ1n) is 8.18. The van der Waals surface area contributed by atoms with Crippen LogP contribution in [0, 0.1) is 32.1 Å². The van der Waals surface area contributed by atoms with Crippen LogP contribution in [0.1, 0.15) is 55.5 Å². The van der Waals surface area contributed by atoms with Gasteiger partial charge in [-0.2, -0.15) is 5.26 Å². The maximum atomic E-state index is 12.6. The Kier molecular flexibility index (Phi) is 5.69. The number of rotatable bonds is 3. The van der Waals surface area contributed by atoms with Gasteiger partial charge in [0.2, 0.25) is 5.91 Å². The molecule has 0 unspecified atom stereocenters. The van der Waals surface area contributed by atoms with Gasteiger partial charge < -0.3 is 4.90 Å². The van der Waals surface area contributed by atoms with Gasteiger partial charge in [0.15, 0.2) is 0 Å². The van der Waals surface area contributed by atoms with Gasteiger partial charge >= 0.3 is 0 Å². The number of pyridine rings is 1. The summed E-state index contributed by atoms with van der Waals surface area (Å²) >= 11 is 1.39. The minimum absolute atomic E-state index is 0.149. The summed E-state index contributed by atoms with van der Waals surface area (Å²) in [6.45, 7) is 10.1. The third-order valence-electron chi connectivity index (χ3n) is 4.89. The summed E-state index contributed by atoms with van der Waals surface area (Å²) in [5.41, 5.74) is 3.55. The SMILES string of the molecule is Cc1nc(SCC(=O)N2[C@H](C)CCC[C@H]2C)c(C#N)c(C)c1C. The highest BCUT2D eigenvalue weighted by Crippen LogP contribution is 2.28. The van der Waals surface area contributed by atoms with Crippen molar-refractivity contribution in [2.24, 2.45) is 0 Å². The van der Waals surface area contributed by atoms with Crippen LogP contribution in [0.15, 0.2) is 5.03 Å². The molecule has 0 aliphatic carbocycles. The number of aryl methyl sites for hydroxylation is 1. The number of carbonyl (C=O) groups is 1. The first-order chi connectivity index (χ1) is 10.9. The lowest BCUT2D eigenvalue weighted by atomic mass is 9.98. The Bertz CT molecular complexity index is 641. The van der Waals surface area contributed by atoms with E-state index in [4.69, 9.17) is 0 Å². The number of hydrogen-bond acceptors (Lipinski definition) is 4. The van der Waals surface area contributed by atoms with Gasteiger partial charge in [0.25, 0.3) is 0 Å². The monoisotopic (exact) mass is 331 g/mol. The lowest BCUT2D eigenvalue weighted by molar-refractivity contribution is -0.134. The van der Waals surface area contributed by atoms with Crippen molar-refractivity contribution < 1.29 is 4.79 Å². The summed E-state index contributed by atoms with van der Waals surface area (Å²) in [5.74, 6) is 0.495. The molecular weight excluding hydrogens is 306 g/mol. The Morgan fingerprint density at radius 3 is 2.43 bits per heavy atom. The van der Waals surface area contributed by atoms with Crippen molar-refractivity contribution in [2.75, 3.05) is 5.75 Å². The van der Waals surface area contributed by atoms with Gasteiger partial charge in [-0.3, -0.25) is 4.79 Å². The average Bonchev–Trinajstić information content (AvgIpc) is 2.50. The minimum Gasteiger partial charge on any atom is -0.337 e. The smallest absolute Gasteiger partial charge is 0.233 e. The molecular formula is C18H25N3OS. The van der Waals surface area contributed by atoms with Gasteiger partial charge in [0.05, 0.1) is 11.3 Å². The second-order valence-electron chi connectivity index (χ2n) is 6.46. The van der Waals surface area contributed by atoms with Crippen LogP contribution in [0.2, 0.25) is 0 Å². The molecule has 1 aromatic rings. The molecule has 2 heterocycles. The lowest BCUT2D eigenvalue weighted by Gasteiger charge is -2.39. The van der Waals surface area contributed by atoms with Crippen molar-refractivity contribution in [1.82, 2.24) is 9.88 Å². The molecule has 1 aliphatic heterocycles. The van der Waals surface area contributed by atoms with E-state index in [-0.39, 0.29) is 5.91 Å². The molecule has 4 nitrogen and oxygen atoms in total. The number of hydrogen-bond donors (Lipinski definition) is 0. The van der Waals surface area contributed by atoms with Crippen molar-refractivity contribution in [3.05, 3.63) is 22.4 Å². The average molecular weight is 331 g/mol. The summed E-state index contributed by atoms with van der Waals surface area (Å²) in [5, 5.41) is 10.1. The van der Waals surface area contributed by atoms with E-state index in [2.05, 4.69) is 24.9 Å². The van der Waals surface area contributed by atoms with E-state index < -0.39 is 0 Å². The van der Waals surface area contributed by atoms with Crippen LogP contribution >= 0.6 is 11.8 Å². The zero-order valence-corrected chi connectivity index (χ0v) is 15.5. The van der Waals surface area contributed by atoms with Gasteiger partial charge in [-0.05, 0) is 65.0 Å². The number of amides is 1. The largest absolute Gasteiger partial charge is 0.337 e. The van der Waals surface area contributed by atoms with Crippen LogP contribution in [0.5, 0.6) is 0 Å². The molecule has 2 atom stereocenters. The van der Waals surface area contributed by atoms with E-state index in [1.807, 2.05) is 25.7 Å². The fourth-order valence-electron chi connectivity index (χ4n) is 3.26. The first-order valence-corrected chi connectivity index (χ1v) is 9.17. The Labute approximate surface area is 143 Å². The van der Waals surface area contributed by atoms with Crippen LogP contribution in [0.25, 0.3) is 0 Å². The third kappa shape index (κ3) is 3.69. The van der Waals surface area contributed by atoms with Gasteiger partial charge in [-0.1, -0.05) is 11.8 Å². The standard InChI is InChI=1S/C18H25N3OS/c1-11-7-6-8-12(2)21(11)17(22)10-23-18-16(9-19)14(4)13(3)15(5)20-18/h11-12H,6-8,10H2,1-5H3/t11-,12-/m1/s1. The molecule has 0 spiro atoms. The molecule has 1 saturated heterocycles. The molecule has 0 aromatic carbocycles. The number of nitriles is 1. The number of aromatic nitrogens is 1. The van der Waals surface area contributed by atoms with Crippen LogP contribution in [0.4, 0.5) is 0 Å². The molecule has 1 fully saturated rings. The summed E-state index contributed by atoms with van der Waals surface area (Å²) in [7, 11) is 0. The van der Waals surface area contributed by atoms with Crippen molar-refractivity contribution in [3.63, 3.8) is 0 Å². The van der Waals surface area contributed by atoms with Crippen molar-refractivity contribution >= 4 is 17.7 Å². The maximum Gasteiger partial charge on any atom is 0.233 e. The van der Waals surface area contributed by atoms with Gasteiger partial charge in [0, 0.05) is 17.8 Å². The predicted molar refractivity (Wildman–Crippen MR) is 93.5 cm³/mol. The second-order valence-corrected chi connectivity index (χ2v) is 7.42. The Balaban J connectivity index is 2.15. The van der Waals surface area contributed by atoms with E-state index in [9.17, 15) is 10.1 Å². The van der Waals surface area contributed by atoms with Gasteiger partial charge in [-0.15, -0.1) is 0 Å². The van der Waals surface area contributed by atoms with Crippen molar-refractivity contribution in [2.45, 2.75) is 71.0 Å². The zero-order chi connectivity index (χ0) is 17.1. The van der Waals surface area contributed by atoms with E-state index in [1.165, 1.54) is 18.2 Å². The Hall–Kier alpha value is -1.54. The molecule has 0 radical (unpaired) electrons. The van der Waals surface area contributed by atoms with Gasteiger partial charge in [-0.25, -0.2) is 4.98 Å². The minimum atomic E-state index is 0.149. The molecule has 1 amide bonds. The summed E-state index contributed by atoms with van der Waals surface area (Å²) < 4.78 is 0. The Morgan fingerprint density at radius 2 is 1.87 bits per heavy atom. The summed E-state index contributed by atoms with van der Waals surface area (Å²) in [6, 6.07) is 2.85. The van der Waals surface area contributed by atoms with E-state index in [0.717, 1.165) is 29.7 Å². The highest BCUT2D eigenvalue weighted by atomic mass is 32.2. The number of likely N-dealkylation sites (tertiary alicyclic amines) is 1. The first kappa shape index (κ1) is 17.8. The van der Waals surface area contributed by atoms with Crippen LogP contribution in [0.3, 0.4) is 0 Å². The quantitative estimate of drug-likeness (QED) is 0.791. The van der Waals surface area contributed by atoms with Crippen LogP contribution < -0.4 is 0 Å². The summed E-state index contributed by atoms with van der Waals surface area (Å²) in [6.07, 6.45) is 3.34. The fraction of sp³-hybridized carbons (Fsp3) is 0.611. The number of thioether (sulfide) groups is 1. The molecule has 23 heavy (non-hydrogen) atoms. The molecule has 124 valence electrons. The van der Waals surface area contributed by atoms with Crippen molar-refractivity contribution in [3.8, 4) is 6.07 Å². The normalized spacial score (nSPS) is 21.1. The lowest BCUT2D eigenvalue weighted by Crippen LogP contribution is -2.48. The highest BCUT2D eigenvalue weighted by Gasteiger charge is 2.29. The molecule has 1 aromatic heterocycles. The zero-order valence-electron chi connectivity index (χ0n) is 14.6. The summed E-state index contributed by atoms with van der Waals surface area (Å²) in [4.78, 5) is 19.2. The topological polar surface area (TPSA) is 57.0 Å². The Morgan fingerprint density at radius 1 is 1.26 bits per heavy atom. The van der Waals surface area contributed by atoms with E-state index in [0.29, 0.717) is 28.4 Å². The number of nitrogens with zero attached hydrogens (tertiary/aromatic N) is 3. The maximum absolute atomic E-state index is 12.6. The third-order valence-corrected chi connectivity index (χ3v) is 5.85. The van der Waals surface area contributed by atoms with Crippen LogP contribution in [-0.2, 0) is 4.79 Å². The van der Waals surface area contributed by atoms with Crippen LogP contribution in [-0.4, -0.2) is 33.6 Å². The molecule has 2 rings (SSSR count). The fourth-order valence-corrected chi connectivity index (χ4v) is 4.22. The van der Waals surface area contributed by atoms with E-state index in [1.54, 1.807) is 0 Å². The van der Waals surface area contributed by atoms with Crippen molar-refractivity contribution in [1.29, 1.82) is 5.26 Å². The molecule has 0 bridgehead atoms. The molecule has 0 N–H and O–H groups in total. The second kappa shape index (κ2) is 7.35. The molecule has 0 saturated carbocycles. The highest BCUT2D eigenvalue weighted by molar-refractivity contribution is 8.00. The molecule has 1 aliphatic rings. The van der Waals surface area contributed by atoms with E-state index >= 15 is 0 Å². The molecule has 5 heteroatoms. The predicted octanol–water partition coefficient (Wildman–Crippen LogP) is 3.76. The van der Waals surface area contributed by atoms with Gasteiger partial charge in [0.1, 0.15) is 11.1 Å². The number of carbonyl (C=O) groups excluding carboxylic acids is 1. The number of piperidine rings is 1.